The second-order valence-electron chi connectivity index (χ2n) is 8.78. The maximum Gasteiger partial charge on any atom is 0.271 e. The lowest BCUT2D eigenvalue weighted by Crippen LogP contribution is -2.20. The van der Waals surface area contributed by atoms with Crippen LogP contribution in [0.5, 0.6) is 0 Å². The number of benzene rings is 3. The number of nitrogens with one attached hydrogen (secondary N) is 2. The maximum atomic E-state index is 12.4. The molecule has 33 heavy (non-hydrogen) atoms. The van der Waals surface area contributed by atoms with Crippen molar-refractivity contribution in [1.29, 1.82) is 0 Å². The van der Waals surface area contributed by atoms with E-state index in [-0.39, 0.29) is 17.2 Å². The standard InChI is InChI=1S/C28H29N3O2/c1-20(30-31-27(33)23-11-15-24(16-12-23)28(2,3)4)22-13-17-25(18-14-22)29-26(32)19-10-21-8-6-5-7-9-21/h5-19H,1-4H3,(H,29,32)(H,31,33). The van der Waals surface area contributed by atoms with Gasteiger partial charge in [-0.05, 0) is 59.4 Å². The average Bonchev–Trinajstić information content (AvgIpc) is 2.81. The van der Waals surface area contributed by atoms with E-state index in [0.717, 1.165) is 11.1 Å². The predicted octanol–water partition coefficient (Wildman–Crippen LogP) is 5.79. The van der Waals surface area contributed by atoms with Gasteiger partial charge < -0.3 is 5.32 Å². The first-order valence-electron chi connectivity index (χ1n) is 10.8. The van der Waals surface area contributed by atoms with Crippen LogP contribution >= 0.6 is 0 Å². The lowest BCUT2D eigenvalue weighted by molar-refractivity contribution is -0.111. The van der Waals surface area contributed by atoms with E-state index in [1.165, 1.54) is 11.6 Å². The summed E-state index contributed by atoms with van der Waals surface area (Å²) in [7, 11) is 0. The highest BCUT2D eigenvalue weighted by Crippen LogP contribution is 2.22. The highest BCUT2D eigenvalue weighted by molar-refractivity contribution is 6.03. The Morgan fingerprint density at radius 1 is 0.818 bits per heavy atom. The van der Waals surface area contributed by atoms with Gasteiger partial charge in [-0.25, -0.2) is 5.43 Å². The zero-order chi connectivity index (χ0) is 23.8. The van der Waals surface area contributed by atoms with Crippen molar-refractivity contribution in [2.45, 2.75) is 33.1 Å². The van der Waals surface area contributed by atoms with Crippen LogP contribution in [0.15, 0.2) is 90.0 Å². The summed E-state index contributed by atoms with van der Waals surface area (Å²) in [5.41, 5.74) is 7.51. The molecule has 0 aliphatic rings. The van der Waals surface area contributed by atoms with Crippen molar-refractivity contribution in [3.8, 4) is 0 Å². The summed E-state index contributed by atoms with van der Waals surface area (Å²) in [5, 5.41) is 7.04. The maximum absolute atomic E-state index is 12.4. The topological polar surface area (TPSA) is 70.6 Å². The van der Waals surface area contributed by atoms with Gasteiger partial charge in [0.2, 0.25) is 5.91 Å². The van der Waals surface area contributed by atoms with Gasteiger partial charge in [0, 0.05) is 17.3 Å². The first kappa shape index (κ1) is 23.7. The third-order valence-electron chi connectivity index (χ3n) is 5.14. The van der Waals surface area contributed by atoms with Crippen LogP contribution in [0.4, 0.5) is 5.69 Å². The molecule has 0 radical (unpaired) electrons. The molecule has 0 atom stereocenters. The van der Waals surface area contributed by atoms with Crippen LogP contribution in [0.1, 0.15) is 54.7 Å². The Morgan fingerprint density at radius 2 is 1.42 bits per heavy atom. The first-order valence-corrected chi connectivity index (χ1v) is 10.8. The molecule has 5 nitrogen and oxygen atoms in total. The molecule has 0 bridgehead atoms. The number of hydrogen-bond acceptors (Lipinski definition) is 3. The lowest BCUT2D eigenvalue weighted by atomic mass is 9.87. The molecular weight excluding hydrogens is 410 g/mol. The Balaban J connectivity index is 1.56. The van der Waals surface area contributed by atoms with Crippen LogP contribution in [0.2, 0.25) is 0 Å². The number of hydrogen-bond donors (Lipinski definition) is 2. The molecule has 3 rings (SSSR count). The van der Waals surface area contributed by atoms with Crippen molar-refractivity contribution in [2.24, 2.45) is 5.10 Å². The molecule has 0 heterocycles. The van der Waals surface area contributed by atoms with Gasteiger partial charge in [0.05, 0.1) is 5.71 Å². The SMILES string of the molecule is CC(=NNC(=O)c1ccc(C(C)(C)C)cc1)c1ccc(NC(=O)C=Cc2ccccc2)cc1. The van der Waals surface area contributed by atoms with Crippen molar-refractivity contribution in [1.82, 2.24) is 5.43 Å². The summed E-state index contributed by atoms with van der Waals surface area (Å²) in [5.74, 6) is -0.467. The number of amides is 2. The van der Waals surface area contributed by atoms with E-state index in [9.17, 15) is 9.59 Å². The molecule has 0 saturated carbocycles. The number of hydrazone groups is 1. The molecule has 0 aromatic heterocycles. The number of rotatable bonds is 6. The molecule has 3 aromatic rings. The van der Waals surface area contributed by atoms with E-state index >= 15 is 0 Å². The Bertz CT molecular complexity index is 1150. The lowest BCUT2D eigenvalue weighted by Gasteiger charge is -2.18. The normalized spacial score (nSPS) is 11.9. The van der Waals surface area contributed by atoms with Crippen LogP contribution < -0.4 is 10.7 Å². The van der Waals surface area contributed by atoms with Gasteiger partial charge in [0.1, 0.15) is 0 Å². The summed E-state index contributed by atoms with van der Waals surface area (Å²) >= 11 is 0. The van der Waals surface area contributed by atoms with Crippen molar-refractivity contribution < 1.29 is 9.59 Å². The number of carbonyl (C=O) groups excluding carboxylic acids is 2. The third kappa shape index (κ3) is 7.01. The highest BCUT2D eigenvalue weighted by atomic mass is 16.2. The number of nitrogens with zero attached hydrogens (tertiary/aromatic N) is 1. The minimum Gasteiger partial charge on any atom is -0.323 e. The fraction of sp³-hybridized carbons (Fsp3) is 0.179. The van der Waals surface area contributed by atoms with Crippen LogP contribution in [-0.4, -0.2) is 17.5 Å². The zero-order valence-corrected chi connectivity index (χ0v) is 19.4. The minimum absolute atomic E-state index is 0.0353. The Hall–Kier alpha value is -3.99. The van der Waals surface area contributed by atoms with E-state index in [1.807, 2.05) is 73.7 Å². The largest absolute Gasteiger partial charge is 0.323 e. The Kier molecular flexibility index (Phi) is 7.57. The fourth-order valence-corrected chi connectivity index (χ4v) is 3.10. The van der Waals surface area contributed by atoms with Crippen LogP contribution in [-0.2, 0) is 10.2 Å². The zero-order valence-electron chi connectivity index (χ0n) is 19.4. The third-order valence-corrected chi connectivity index (χ3v) is 5.14. The Labute approximate surface area is 195 Å². The van der Waals surface area contributed by atoms with E-state index in [4.69, 9.17) is 0 Å². The van der Waals surface area contributed by atoms with Crippen molar-refractivity contribution in [3.05, 3.63) is 107 Å². The van der Waals surface area contributed by atoms with Crippen LogP contribution in [0.25, 0.3) is 6.08 Å². The molecule has 2 N–H and O–H groups in total. The van der Waals surface area contributed by atoms with Crippen molar-refractivity contribution >= 4 is 29.3 Å². The second-order valence-corrected chi connectivity index (χ2v) is 8.78. The van der Waals surface area contributed by atoms with Gasteiger partial charge in [-0.1, -0.05) is 75.4 Å². The summed E-state index contributed by atoms with van der Waals surface area (Å²) in [6, 6.07) is 24.5. The fourth-order valence-electron chi connectivity index (χ4n) is 3.10. The molecular formula is C28H29N3O2. The van der Waals surface area contributed by atoms with Gasteiger partial charge in [-0.2, -0.15) is 5.10 Å². The quantitative estimate of drug-likeness (QED) is 0.290. The van der Waals surface area contributed by atoms with E-state index in [2.05, 4.69) is 36.6 Å². The smallest absolute Gasteiger partial charge is 0.271 e. The van der Waals surface area contributed by atoms with E-state index in [1.54, 1.807) is 18.2 Å². The summed E-state index contributed by atoms with van der Waals surface area (Å²) < 4.78 is 0. The second kappa shape index (κ2) is 10.6. The van der Waals surface area contributed by atoms with Gasteiger partial charge in [0.25, 0.3) is 5.91 Å². The number of carbonyl (C=O) groups is 2. The molecule has 168 valence electrons. The molecule has 2 amide bonds. The Morgan fingerprint density at radius 3 is 2.03 bits per heavy atom. The van der Waals surface area contributed by atoms with Gasteiger partial charge in [-0.15, -0.1) is 0 Å². The molecule has 0 aliphatic carbocycles. The summed E-state index contributed by atoms with van der Waals surface area (Å²) in [4.78, 5) is 24.5. The van der Waals surface area contributed by atoms with Gasteiger partial charge in [0.15, 0.2) is 0 Å². The van der Waals surface area contributed by atoms with Gasteiger partial charge in [-0.3, -0.25) is 9.59 Å². The van der Waals surface area contributed by atoms with Gasteiger partial charge >= 0.3 is 0 Å². The van der Waals surface area contributed by atoms with E-state index in [0.29, 0.717) is 17.0 Å². The highest BCUT2D eigenvalue weighted by Gasteiger charge is 2.14. The van der Waals surface area contributed by atoms with Crippen molar-refractivity contribution in [2.75, 3.05) is 5.32 Å². The van der Waals surface area contributed by atoms with Crippen molar-refractivity contribution in [3.63, 3.8) is 0 Å². The number of anilines is 1. The molecule has 0 fully saturated rings. The summed E-state index contributed by atoms with van der Waals surface area (Å²) in [6.45, 7) is 8.22. The molecule has 3 aromatic carbocycles. The van der Waals surface area contributed by atoms with Crippen LogP contribution in [0.3, 0.4) is 0 Å². The van der Waals surface area contributed by atoms with E-state index < -0.39 is 0 Å². The first-order chi connectivity index (χ1) is 15.7. The molecule has 5 heteroatoms. The predicted molar refractivity (Wildman–Crippen MR) is 135 cm³/mol. The molecule has 0 aliphatic heterocycles. The minimum atomic E-state index is -0.260. The average molecular weight is 440 g/mol. The summed E-state index contributed by atoms with van der Waals surface area (Å²) in [6.07, 6.45) is 3.26. The van der Waals surface area contributed by atoms with Crippen LogP contribution in [0, 0.1) is 0 Å². The molecule has 0 unspecified atom stereocenters. The molecule has 0 spiro atoms. The monoisotopic (exact) mass is 439 g/mol. The molecule has 0 saturated heterocycles.